The van der Waals surface area contributed by atoms with E-state index in [4.69, 9.17) is 0 Å². The molecule has 1 aliphatic rings. The minimum absolute atomic E-state index is 0.103. The highest BCUT2D eigenvalue weighted by molar-refractivity contribution is 5.89. The van der Waals surface area contributed by atoms with Crippen LogP contribution in [0.1, 0.15) is 30.0 Å². The molecule has 0 aliphatic carbocycles. The van der Waals surface area contributed by atoms with E-state index in [0.29, 0.717) is 6.42 Å². The Labute approximate surface area is 139 Å². The van der Waals surface area contributed by atoms with E-state index in [1.165, 1.54) is 12.1 Å². The molecule has 0 bridgehead atoms. The number of carbonyl (C=O) groups excluding carboxylic acids is 1. The number of aryl methyl sites for hydroxylation is 1. The molecule has 6 heteroatoms. The van der Waals surface area contributed by atoms with Gasteiger partial charge in [-0.1, -0.05) is 0 Å². The molecule has 1 fully saturated rings. The smallest absolute Gasteiger partial charge is 0.227 e. The quantitative estimate of drug-likeness (QED) is 0.804. The normalized spacial score (nSPS) is 17.8. The first-order chi connectivity index (χ1) is 11.6. The first kappa shape index (κ1) is 14.9. The summed E-state index contributed by atoms with van der Waals surface area (Å²) in [6, 6.07) is 4.72. The predicted molar refractivity (Wildman–Crippen MR) is 88.9 cm³/mol. The van der Waals surface area contributed by atoms with Crippen LogP contribution in [0.4, 0.5) is 4.39 Å². The lowest BCUT2D eigenvalue weighted by Crippen LogP contribution is -2.31. The van der Waals surface area contributed by atoms with Crippen molar-refractivity contribution in [2.75, 3.05) is 6.54 Å². The average Bonchev–Trinajstić information content (AvgIpc) is 3.26. The summed E-state index contributed by atoms with van der Waals surface area (Å²) in [5.41, 5.74) is 2.72. The van der Waals surface area contributed by atoms with Gasteiger partial charge in [-0.3, -0.25) is 9.48 Å². The average molecular weight is 326 g/mol. The van der Waals surface area contributed by atoms with Gasteiger partial charge in [-0.05, 0) is 36.6 Å². The predicted octanol–water partition coefficient (Wildman–Crippen LogP) is 2.95. The van der Waals surface area contributed by atoms with Crippen LogP contribution in [0, 0.1) is 5.82 Å². The van der Waals surface area contributed by atoms with E-state index >= 15 is 0 Å². The van der Waals surface area contributed by atoms with E-state index in [1.54, 1.807) is 16.9 Å². The van der Waals surface area contributed by atoms with Crippen molar-refractivity contribution in [3.63, 3.8) is 0 Å². The van der Waals surface area contributed by atoms with E-state index in [0.717, 1.165) is 41.4 Å². The Kier molecular flexibility index (Phi) is 3.59. The largest absolute Gasteiger partial charge is 0.361 e. The van der Waals surface area contributed by atoms with E-state index in [-0.39, 0.29) is 17.8 Å². The van der Waals surface area contributed by atoms with Crippen molar-refractivity contribution >= 4 is 16.8 Å². The van der Waals surface area contributed by atoms with Crippen LogP contribution >= 0.6 is 0 Å². The summed E-state index contributed by atoms with van der Waals surface area (Å²) in [7, 11) is 1.88. The fraction of sp³-hybridized carbons (Fsp3) is 0.333. The highest BCUT2D eigenvalue weighted by Gasteiger charge is 2.30. The highest BCUT2D eigenvalue weighted by atomic mass is 19.1. The highest BCUT2D eigenvalue weighted by Crippen LogP contribution is 2.32. The van der Waals surface area contributed by atoms with Crippen LogP contribution in [0.3, 0.4) is 0 Å². The van der Waals surface area contributed by atoms with Gasteiger partial charge in [0.1, 0.15) is 5.82 Å². The van der Waals surface area contributed by atoms with Crippen LogP contribution in [-0.2, 0) is 18.3 Å². The van der Waals surface area contributed by atoms with Crippen molar-refractivity contribution in [1.82, 2.24) is 19.7 Å². The molecule has 124 valence electrons. The van der Waals surface area contributed by atoms with Crippen LogP contribution in [0.15, 0.2) is 36.8 Å². The number of nitrogens with zero attached hydrogens (tertiary/aromatic N) is 3. The molecule has 1 aliphatic heterocycles. The van der Waals surface area contributed by atoms with Crippen LogP contribution < -0.4 is 0 Å². The monoisotopic (exact) mass is 326 g/mol. The van der Waals surface area contributed by atoms with E-state index in [2.05, 4.69) is 10.1 Å². The lowest BCUT2D eigenvalue weighted by molar-refractivity contribution is -0.131. The number of carbonyl (C=O) groups is 1. The molecule has 24 heavy (non-hydrogen) atoms. The Balaban J connectivity index is 1.56. The Morgan fingerprint density at radius 1 is 1.46 bits per heavy atom. The molecule has 1 saturated heterocycles. The molecule has 5 nitrogen and oxygen atoms in total. The van der Waals surface area contributed by atoms with Gasteiger partial charge in [-0.15, -0.1) is 0 Å². The maximum atomic E-state index is 13.3. The van der Waals surface area contributed by atoms with Crippen LogP contribution in [0.2, 0.25) is 0 Å². The van der Waals surface area contributed by atoms with Crippen molar-refractivity contribution in [3.05, 3.63) is 53.7 Å². The lowest BCUT2D eigenvalue weighted by atomic mass is 10.1. The lowest BCUT2D eigenvalue weighted by Gasteiger charge is -2.24. The number of amides is 1. The number of fused-ring (bicyclic) bond motifs is 1. The SMILES string of the molecule is Cn1cc([C@H]2CCCN2C(=O)Cc2c[nH]c3cc(F)ccc23)cn1. The molecule has 0 radical (unpaired) electrons. The van der Waals surface area contributed by atoms with Gasteiger partial charge >= 0.3 is 0 Å². The fourth-order valence-corrected chi connectivity index (χ4v) is 3.59. The number of H-pyrrole nitrogens is 1. The third-order valence-corrected chi connectivity index (χ3v) is 4.75. The molecule has 3 heterocycles. The zero-order valence-corrected chi connectivity index (χ0v) is 13.5. The minimum atomic E-state index is -0.279. The second kappa shape index (κ2) is 5.78. The fourth-order valence-electron chi connectivity index (χ4n) is 3.59. The molecular formula is C18H19FN4O. The van der Waals surface area contributed by atoms with E-state index in [9.17, 15) is 9.18 Å². The standard InChI is InChI=1S/C18H19FN4O/c1-22-11-13(10-21-22)17-3-2-6-23(17)18(24)7-12-9-20-16-8-14(19)4-5-15(12)16/h4-5,8-11,17,20H,2-3,6-7H2,1H3/t17-/m1/s1. The molecule has 1 amide bonds. The summed E-state index contributed by atoms with van der Waals surface area (Å²) in [5, 5.41) is 5.12. The second-order valence-electron chi connectivity index (χ2n) is 6.37. The van der Waals surface area contributed by atoms with Crippen molar-refractivity contribution in [1.29, 1.82) is 0 Å². The summed E-state index contributed by atoms with van der Waals surface area (Å²) in [6.45, 7) is 0.773. The zero-order valence-electron chi connectivity index (χ0n) is 13.5. The van der Waals surface area contributed by atoms with Gasteiger partial charge in [0.05, 0.1) is 18.7 Å². The number of aromatic nitrogens is 3. The molecule has 0 unspecified atom stereocenters. The number of aromatic amines is 1. The zero-order chi connectivity index (χ0) is 16.7. The van der Waals surface area contributed by atoms with Gasteiger partial charge in [0.25, 0.3) is 0 Å². The molecule has 4 rings (SSSR count). The van der Waals surface area contributed by atoms with Crippen LogP contribution in [-0.4, -0.2) is 32.1 Å². The molecule has 0 spiro atoms. The van der Waals surface area contributed by atoms with Gasteiger partial charge in [0.15, 0.2) is 0 Å². The second-order valence-corrected chi connectivity index (χ2v) is 6.37. The molecule has 0 saturated carbocycles. The number of halogens is 1. The Hall–Kier alpha value is -2.63. The van der Waals surface area contributed by atoms with Crippen molar-refractivity contribution in [3.8, 4) is 0 Å². The Morgan fingerprint density at radius 2 is 2.33 bits per heavy atom. The first-order valence-electron chi connectivity index (χ1n) is 8.15. The Bertz CT molecular complexity index is 897. The minimum Gasteiger partial charge on any atom is -0.361 e. The van der Waals surface area contributed by atoms with Crippen molar-refractivity contribution < 1.29 is 9.18 Å². The number of nitrogens with one attached hydrogen (secondary N) is 1. The number of rotatable bonds is 3. The first-order valence-corrected chi connectivity index (χ1v) is 8.15. The molecule has 1 N–H and O–H groups in total. The number of hydrogen-bond donors (Lipinski definition) is 1. The molecular weight excluding hydrogens is 307 g/mol. The van der Waals surface area contributed by atoms with Crippen LogP contribution in [0.5, 0.6) is 0 Å². The molecule has 1 aromatic carbocycles. The van der Waals surface area contributed by atoms with Crippen molar-refractivity contribution in [2.24, 2.45) is 7.05 Å². The number of likely N-dealkylation sites (tertiary alicyclic amines) is 1. The van der Waals surface area contributed by atoms with Gasteiger partial charge in [-0.25, -0.2) is 4.39 Å². The summed E-state index contributed by atoms with van der Waals surface area (Å²) in [5.74, 6) is -0.176. The molecule has 3 aromatic rings. The maximum Gasteiger partial charge on any atom is 0.227 e. The third kappa shape index (κ3) is 2.58. The summed E-state index contributed by atoms with van der Waals surface area (Å²) in [4.78, 5) is 17.8. The Morgan fingerprint density at radius 3 is 3.12 bits per heavy atom. The van der Waals surface area contributed by atoms with Crippen LogP contribution in [0.25, 0.3) is 10.9 Å². The van der Waals surface area contributed by atoms with E-state index < -0.39 is 0 Å². The maximum absolute atomic E-state index is 13.3. The number of hydrogen-bond acceptors (Lipinski definition) is 2. The van der Waals surface area contributed by atoms with Gasteiger partial charge in [0.2, 0.25) is 5.91 Å². The summed E-state index contributed by atoms with van der Waals surface area (Å²) < 4.78 is 15.1. The van der Waals surface area contributed by atoms with Gasteiger partial charge < -0.3 is 9.88 Å². The summed E-state index contributed by atoms with van der Waals surface area (Å²) in [6.07, 6.45) is 7.91. The molecule has 2 aromatic heterocycles. The van der Waals surface area contributed by atoms with Gasteiger partial charge in [-0.2, -0.15) is 5.10 Å². The molecule has 1 atom stereocenters. The summed E-state index contributed by atoms with van der Waals surface area (Å²) >= 11 is 0. The third-order valence-electron chi connectivity index (χ3n) is 4.75. The topological polar surface area (TPSA) is 53.9 Å². The van der Waals surface area contributed by atoms with E-state index in [1.807, 2.05) is 24.3 Å². The number of benzene rings is 1. The van der Waals surface area contributed by atoms with Crippen molar-refractivity contribution in [2.45, 2.75) is 25.3 Å². The van der Waals surface area contributed by atoms with Gasteiger partial charge in [0, 0.05) is 42.5 Å².